The van der Waals surface area contributed by atoms with E-state index in [-0.39, 0.29) is 17.7 Å². The Morgan fingerprint density at radius 3 is 2.49 bits per heavy atom. The molecule has 0 spiro atoms. The number of nitrogens with one attached hydrogen (secondary N) is 2. The maximum Gasteiger partial charge on any atom is 0.247 e. The van der Waals surface area contributed by atoms with Crippen LogP contribution in [0.1, 0.15) is 25.0 Å². The molecule has 2 aromatic rings. The number of benzene rings is 2. The molecule has 0 aliphatic carbocycles. The van der Waals surface area contributed by atoms with Crippen LogP contribution in [0.25, 0.3) is 0 Å². The van der Waals surface area contributed by atoms with Crippen LogP contribution in [0, 0.1) is 6.92 Å². The fourth-order valence-electron chi connectivity index (χ4n) is 4.86. The van der Waals surface area contributed by atoms with Crippen LogP contribution in [0.15, 0.2) is 42.5 Å². The molecule has 2 aliphatic heterocycles. The number of hydrogen-bond acceptors (Lipinski definition) is 6. The molecule has 35 heavy (non-hydrogen) atoms. The molecule has 1 amide bonds. The minimum absolute atomic E-state index is 0.0538. The summed E-state index contributed by atoms with van der Waals surface area (Å²) in [6.45, 7) is 10.6. The van der Waals surface area contributed by atoms with E-state index in [0.29, 0.717) is 39.1 Å². The Kier molecular flexibility index (Phi) is 7.98. The van der Waals surface area contributed by atoms with E-state index in [1.54, 1.807) is 4.31 Å². The topological polar surface area (TPSA) is 85.0 Å². The second kappa shape index (κ2) is 11.0. The van der Waals surface area contributed by atoms with Crippen LogP contribution in [0.5, 0.6) is 0 Å². The number of hydrogen-bond donors (Lipinski definition) is 2. The van der Waals surface area contributed by atoms with Crippen molar-refractivity contribution < 1.29 is 13.2 Å². The Bertz CT molecular complexity index is 1140. The van der Waals surface area contributed by atoms with Gasteiger partial charge in [-0.1, -0.05) is 38.1 Å². The minimum Gasteiger partial charge on any atom is -0.373 e. The van der Waals surface area contributed by atoms with Crippen LogP contribution < -0.4 is 15.5 Å². The SMILES string of the molecule is CCN(CC)CCS(=O)(=O)N1CCN(c2cccc(NC(=O)C3Cc4cccc(C)c4N3)c2)CC1. The number of sulfonamides is 1. The van der Waals surface area contributed by atoms with Crippen molar-refractivity contribution in [2.75, 3.05) is 67.1 Å². The molecule has 2 aromatic carbocycles. The number of nitrogens with zero attached hydrogens (tertiary/aromatic N) is 3. The average molecular weight is 500 g/mol. The maximum absolute atomic E-state index is 12.9. The number of amides is 1. The predicted octanol–water partition coefficient (Wildman–Crippen LogP) is 2.76. The first kappa shape index (κ1) is 25.5. The zero-order chi connectivity index (χ0) is 25.0. The van der Waals surface area contributed by atoms with E-state index in [0.717, 1.165) is 35.7 Å². The number of carbonyl (C=O) groups excluding carboxylic acids is 1. The van der Waals surface area contributed by atoms with Gasteiger partial charge in [-0.15, -0.1) is 0 Å². The lowest BCUT2D eigenvalue weighted by Gasteiger charge is -2.36. The molecule has 1 atom stereocenters. The van der Waals surface area contributed by atoms with Crippen molar-refractivity contribution in [2.45, 2.75) is 33.2 Å². The van der Waals surface area contributed by atoms with Crippen molar-refractivity contribution in [2.24, 2.45) is 0 Å². The van der Waals surface area contributed by atoms with Gasteiger partial charge in [-0.2, -0.15) is 4.31 Å². The molecule has 8 nitrogen and oxygen atoms in total. The number of rotatable bonds is 9. The molecule has 2 aliphatic rings. The first-order chi connectivity index (χ1) is 16.8. The Balaban J connectivity index is 1.32. The van der Waals surface area contributed by atoms with Crippen LogP contribution in [0.3, 0.4) is 0 Å². The van der Waals surface area contributed by atoms with Crippen LogP contribution in [0.2, 0.25) is 0 Å². The lowest BCUT2D eigenvalue weighted by Crippen LogP contribution is -2.50. The fraction of sp³-hybridized carbons (Fsp3) is 0.500. The summed E-state index contributed by atoms with van der Waals surface area (Å²) in [4.78, 5) is 17.2. The molecule has 190 valence electrons. The lowest BCUT2D eigenvalue weighted by molar-refractivity contribution is -0.116. The number of fused-ring (bicyclic) bond motifs is 1. The van der Waals surface area contributed by atoms with E-state index >= 15 is 0 Å². The molecule has 9 heteroatoms. The zero-order valence-electron chi connectivity index (χ0n) is 21.0. The summed E-state index contributed by atoms with van der Waals surface area (Å²) in [5, 5.41) is 6.41. The van der Waals surface area contributed by atoms with Crippen LogP contribution in [0.4, 0.5) is 17.1 Å². The zero-order valence-corrected chi connectivity index (χ0v) is 21.8. The summed E-state index contributed by atoms with van der Waals surface area (Å²) >= 11 is 0. The van der Waals surface area contributed by atoms with Gasteiger partial charge in [-0.05, 0) is 49.3 Å². The van der Waals surface area contributed by atoms with Gasteiger partial charge >= 0.3 is 0 Å². The smallest absolute Gasteiger partial charge is 0.247 e. The highest BCUT2D eigenvalue weighted by Crippen LogP contribution is 2.30. The molecule has 0 radical (unpaired) electrons. The van der Waals surface area contributed by atoms with Gasteiger partial charge in [0.15, 0.2) is 0 Å². The number of carbonyl (C=O) groups is 1. The average Bonchev–Trinajstić information content (AvgIpc) is 3.31. The van der Waals surface area contributed by atoms with Gasteiger partial charge in [0.1, 0.15) is 6.04 Å². The summed E-state index contributed by atoms with van der Waals surface area (Å²) in [6, 6.07) is 13.6. The third-order valence-corrected chi connectivity index (χ3v) is 8.94. The van der Waals surface area contributed by atoms with Gasteiger partial charge in [0.05, 0.1) is 5.75 Å². The van der Waals surface area contributed by atoms with Crippen molar-refractivity contribution >= 4 is 33.0 Å². The molecular weight excluding hydrogens is 462 g/mol. The van der Waals surface area contributed by atoms with Crippen molar-refractivity contribution in [3.63, 3.8) is 0 Å². The van der Waals surface area contributed by atoms with Gasteiger partial charge in [0.25, 0.3) is 0 Å². The number of anilines is 3. The monoisotopic (exact) mass is 499 g/mol. The first-order valence-corrected chi connectivity index (χ1v) is 14.1. The molecule has 2 heterocycles. The molecule has 0 aromatic heterocycles. The normalized spacial score (nSPS) is 18.4. The van der Waals surface area contributed by atoms with Gasteiger partial charge < -0.3 is 20.4 Å². The van der Waals surface area contributed by atoms with E-state index in [1.165, 1.54) is 5.56 Å². The number of aryl methyl sites for hydroxylation is 1. The van der Waals surface area contributed by atoms with E-state index in [2.05, 4.69) is 40.3 Å². The van der Waals surface area contributed by atoms with Gasteiger partial charge in [0, 0.05) is 56.2 Å². The first-order valence-electron chi connectivity index (χ1n) is 12.5. The van der Waals surface area contributed by atoms with Gasteiger partial charge in [-0.3, -0.25) is 4.79 Å². The fourth-order valence-corrected chi connectivity index (χ4v) is 6.32. The highest BCUT2D eigenvalue weighted by atomic mass is 32.2. The standard InChI is InChI=1S/C26H37N5O3S/c1-4-29(5-2)16-17-35(33,34)31-14-12-30(13-15-31)23-11-7-10-22(19-23)27-26(32)24-18-21-9-6-8-20(3)25(21)28-24/h6-11,19,24,28H,4-5,12-18H2,1-3H3,(H,27,32). The van der Waals surface area contributed by atoms with Crippen LogP contribution in [-0.4, -0.2) is 81.1 Å². The molecule has 4 rings (SSSR count). The van der Waals surface area contributed by atoms with Crippen LogP contribution in [-0.2, 0) is 21.2 Å². The van der Waals surface area contributed by atoms with E-state index in [9.17, 15) is 13.2 Å². The maximum atomic E-state index is 12.9. The van der Waals surface area contributed by atoms with Gasteiger partial charge in [-0.25, -0.2) is 8.42 Å². The second-order valence-electron chi connectivity index (χ2n) is 9.28. The second-order valence-corrected chi connectivity index (χ2v) is 11.4. The summed E-state index contributed by atoms with van der Waals surface area (Å²) in [6.07, 6.45) is 0.674. The molecule has 1 saturated heterocycles. The molecule has 2 N–H and O–H groups in total. The Hall–Kier alpha value is -2.62. The number of piperazine rings is 1. The molecule has 0 bridgehead atoms. The quantitative estimate of drug-likeness (QED) is 0.552. The van der Waals surface area contributed by atoms with Gasteiger partial charge in [0.2, 0.25) is 15.9 Å². The summed E-state index contributed by atoms with van der Waals surface area (Å²) < 4.78 is 27.2. The lowest BCUT2D eigenvalue weighted by atomic mass is 10.1. The summed E-state index contributed by atoms with van der Waals surface area (Å²) in [7, 11) is -3.26. The van der Waals surface area contributed by atoms with E-state index in [4.69, 9.17) is 0 Å². The van der Waals surface area contributed by atoms with Crippen molar-refractivity contribution in [1.82, 2.24) is 9.21 Å². The third kappa shape index (κ3) is 5.97. The Morgan fingerprint density at radius 1 is 1.09 bits per heavy atom. The van der Waals surface area contributed by atoms with E-state index < -0.39 is 10.0 Å². The third-order valence-electron chi connectivity index (χ3n) is 7.09. The summed E-state index contributed by atoms with van der Waals surface area (Å²) in [5.74, 6) is 0.108. The van der Waals surface area contributed by atoms with Crippen molar-refractivity contribution in [1.29, 1.82) is 0 Å². The molecule has 1 fully saturated rings. The number of para-hydroxylation sites is 1. The largest absolute Gasteiger partial charge is 0.373 e. The van der Waals surface area contributed by atoms with E-state index in [1.807, 2.05) is 43.3 Å². The molecular formula is C26H37N5O3S. The van der Waals surface area contributed by atoms with Crippen LogP contribution >= 0.6 is 0 Å². The van der Waals surface area contributed by atoms with Crippen molar-refractivity contribution in [3.8, 4) is 0 Å². The minimum atomic E-state index is -3.26. The predicted molar refractivity (Wildman–Crippen MR) is 143 cm³/mol. The Labute approximate surface area is 209 Å². The summed E-state index contributed by atoms with van der Waals surface area (Å²) in [5.41, 5.74) is 5.11. The van der Waals surface area contributed by atoms with Crippen molar-refractivity contribution in [3.05, 3.63) is 53.6 Å². The highest BCUT2D eigenvalue weighted by molar-refractivity contribution is 7.89. The molecule has 0 saturated carbocycles. The molecule has 1 unspecified atom stereocenters. The Morgan fingerprint density at radius 2 is 1.80 bits per heavy atom. The highest BCUT2D eigenvalue weighted by Gasteiger charge is 2.29.